The molecule has 3 rings (SSSR count). The fraction of sp³-hybridized carbons (Fsp3) is 0.500. The maximum absolute atomic E-state index is 10.4. The first-order valence-corrected chi connectivity index (χ1v) is 54.1. The van der Waals surface area contributed by atoms with Crippen molar-refractivity contribution in [3.8, 4) is 0 Å². The lowest BCUT2D eigenvalue weighted by Gasteiger charge is -1.94. The lowest BCUT2D eigenvalue weighted by Crippen LogP contribution is -1.93. The van der Waals surface area contributed by atoms with Crippen LogP contribution in [0.25, 0.3) is 0 Å². The molecule has 0 spiro atoms. The molecule has 0 aromatic carbocycles. The SMILES string of the molecule is CC/C=C\C/C=C\C/C=C\C/C=C\C/C=C\C/C=C\CCC(=O)O.CC/C=C\C/C=C\C/C=C\C/C=C\C/C=C\CCCC(=O)O.CC/C=C\C/C=C\C/C=C\C/C=C\C/C=C\CCCCCC(=O)O.CCC1OC1C/C=C\C/C=C\C/C=C\C/C=C\C/C=C\CCC(=O)O.CCC1OC1C/C=C\C/C=C\C/C=C\C/C=C\CCCC(=O)O.CCC1OC1C/C=C\C/C=C\C/C=C\C/C=C\CCCCCC(=O)O. The molecular formula is C128H192O15. The molecule has 6 atom stereocenters. The standard InChI is InChI=1S/C22H34O3.C22H32O3.C22H34O2.C22H32O2.C20H30O3.C20H30O2/c2*1-2-20-21(25-20)18-16-14-12-10-8-6-4-3-5-7-9-11-13-15-17-19-22(23)24;2*1-2-3-4-5-6-7-8-9-10-11-12-13-14-15-16-17-18-19-20-21-22(23)24;1-2-18-19(23-18)16-14-12-10-8-6-4-3-5-7-9-11-13-15-17-20(21)22;1-2-3-4-5-6-7-8-9-10-11-12-13-14-15-16-17-18-19-20(21)22/h3-4,7-10,14,16,20-21H,2,5-6,11-13,15,17-19H2,1H3,(H,23,24);3-4,7-10,13-16,20-21H,2,5-6,11-12,17-19H2,1H3,(H,23,24);3-4,6-7,9-10,12-13,15-16H,2,5,8,11,14,17-21H2,1H3,(H,23,24);3-4,6-7,9-10,12-13,15-16,18-19H,2,5,8,11,14,17,20-21H2,1H3,(H,23,24);3,5-6,8-9,11-12,14,18-19H,2,4,7,10,13,15-17H2,1H3,(H,21,22);3-4,6-7,9-10,12-13,15-16H,2,5,8,11,14,17-19H2,1H3,(H,21,22)/b4-3-,9-7-,10-8-,16-14-;4-3-,9-7-,10-8-,15-13-,16-14-;4-3-,7-6-,10-9-,13-12-,16-15-;4-3-,7-6-,10-9-,13-12-,16-15-,19-18-;5-3-,8-6-,11-9-,14-12-;4-3-,7-6-,10-9-,13-12-,16-15-. The van der Waals surface area contributed by atoms with Gasteiger partial charge in [0.2, 0.25) is 0 Å². The monoisotopic (exact) mass is 1970 g/mol. The fourth-order valence-corrected chi connectivity index (χ4v) is 13.0. The molecule has 6 unspecified atom stereocenters. The van der Waals surface area contributed by atoms with Gasteiger partial charge in [-0.1, -0.05) is 407 Å². The van der Waals surface area contributed by atoms with E-state index >= 15 is 0 Å². The summed E-state index contributed by atoms with van der Waals surface area (Å²) < 4.78 is 16.5. The van der Waals surface area contributed by atoms with Crippen LogP contribution >= 0.6 is 0 Å². The molecular weight excluding hydrogens is 1780 g/mol. The topological polar surface area (TPSA) is 261 Å². The Morgan fingerprint density at radius 1 is 0.154 bits per heavy atom. The first-order chi connectivity index (χ1) is 70.0. The summed E-state index contributed by atoms with van der Waals surface area (Å²) in [5, 5.41) is 51.0. The minimum absolute atomic E-state index is 0.209. The average molecular weight is 1970 g/mol. The van der Waals surface area contributed by atoms with Crippen molar-refractivity contribution in [2.24, 2.45) is 0 Å². The molecule has 0 aromatic rings. The van der Waals surface area contributed by atoms with E-state index in [0.29, 0.717) is 62.3 Å². The normalized spacial score (nSPS) is 16.9. The maximum Gasteiger partial charge on any atom is 0.303 e. The largest absolute Gasteiger partial charge is 0.481 e. The number of carbonyl (C=O) groups is 6. The molecule has 3 aliphatic heterocycles. The molecule has 3 saturated heterocycles. The van der Waals surface area contributed by atoms with Crippen molar-refractivity contribution in [2.45, 2.75) is 412 Å². The second-order valence-electron chi connectivity index (χ2n) is 34.3. The Bertz CT molecular complexity index is 3990. The van der Waals surface area contributed by atoms with Crippen molar-refractivity contribution in [1.29, 1.82) is 0 Å². The Kier molecular flexibility index (Phi) is 111. The molecule has 794 valence electrons. The van der Waals surface area contributed by atoms with Gasteiger partial charge in [0.05, 0.1) is 36.6 Å². The number of epoxide rings is 3. The van der Waals surface area contributed by atoms with Crippen LogP contribution in [0.5, 0.6) is 0 Å². The zero-order chi connectivity index (χ0) is 105. The highest BCUT2D eigenvalue weighted by atomic mass is 16.6. The van der Waals surface area contributed by atoms with Gasteiger partial charge in [-0.2, -0.15) is 0 Å². The number of ether oxygens (including phenoxy) is 3. The lowest BCUT2D eigenvalue weighted by atomic mass is 10.1. The first kappa shape index (κ1) is 136. The predicted molar refractivity (Wildman–Crippen MR) is 611 cm³/mol. The van der Waals surface area contributed by atoms with Gasteiger partial charge in [0, 0.05) is 38.5 Å². The number of allylic oxidation sites excluding steroid dienone is 55. The first-order valence-electron chi connectivity index (χ1n) is 54.1. The molecule has 143 heavy (non-hydrogen) atoms. The van der Waals surface area contributed by atoms with Crippen LogP contribution < -0.4 is 0 Å². The lowest BCUT2D eigenvalue weighted by molar-refractivity contribution is -0.138. The van der Waals surface area contributed by atoms with Crippen molar-refractivity contribution in [3.05, 3.63) is 352 Å². The Labute approximate surface area is 868 Å². The summed E-state index contributed by atoms with van der Waals surface area (Å²) in [5.74, 6) is -4.30. The van der Waals surface area contributed by atoms with Gasteiger partial charge in [-0.3, -0.25) is 28.8 Å². The number of carboxylic acid groups (broad SMARTS) is 6. The average Bonchev–Trinajstić information content (AvgIpc) is 1.72. The predicted octanol–water partition coefficient (Wildman–Crippen LogP) is 36.3. The minimum Gasteiger partial charge on any atom is -0.481 e. The minimum atomic E-state index is -0.742. The Morgan fingerprint density at radius 2 is 0.294 bits per heavy atom. The fourth-order valence-electron chi connectivity index (χ4n) is 13.0. The van der Waals surface area contributed by atoms with Gasteiger partial charge in [-0.25, -0.2) is 0 Å². The zero-order valence-electron chi connectivity index (χ0n) is 89.1. The molecule has 6 N–H and O–H groups in total. The number of aliphatic carboxylic acids is 6. The molecule has 15 heteroatoms. The summed E-state index contributed by atoms with van der Waals surface area (Å²) in [6.45, 7) is 13.0. The highest BCUT2D eigenvalue weighted by Crippen LogP contribution is 2.30. The Balaban J connectivity index is -0.00000165. The summed E-state index contributed by atoms with van der Waals surface area (Å²) in [5.41, 5.74) is 0. The van der Waals surface area contributed by atoms with Crippen LogP contribution in [0.3, 0.4) is 0 Å². The third kappa shape index (κ3) is 125. The molecule has 0 aromatic heterocycles. The molecule has 3 heterocycles. The molecule has 0 bridgehead atoms. The van der Waals surface area contributed by atoms with Crippen LogP contribution in [0.15, 0.2) is 352 Å². The zero-order valence-corrected chi connectivity index (χ0v) is 89.1. The van der Waals surface area contributed by atoms with Crippen LogP contribution in [-0.4, -0.2) is 103 Å². The van der Waals surface area contributed by atoms with Crippen LogP contribution in [0.4, 0.5) is 0 Å². The van der Waals surface area contributed by atoms with Gasteiger partial charge < -0.3 is 44.8 Å². The molecule has 15 nitrogen and oxygen atoms in total. The summed E-state index contributed by atoms with van der Waals surface area (Å²) in [6, 6.07) is 0. The van der Waals surface area contributed by atoms with Crippen LogP contribution in [0.1, 0.15) is 375 Å². The highest BCUT2D eigenvalue weighted by molar-refractivity contribution is 5.68. The maximum atomic E-state index is 10.4. The second-order valence-corrected chi connectivity index (χ2v) is 34.3. The van der Waals surface area contributed by atoms with Gasteiger partial charge in [0.25, 0.3) is 0 Å². The van der Waals surface area contributed by atoms with Gasteiger partial charge in [0.1, 0.15) is 0 Å². The Hall–Kier alpha value is -10.8. The summed E-state index contributed by atoms with van der Waals surface area (Å²) in [4.78, 5) is 62.0. The van der Waals surface area contributed by atoms with E-state index in [9.17, 15) is 28.8 Å². The van der Waals surface area contributed by atoms with Crippen LogP contribution in [0.2, 0.25) is 0 Å². The van der Waals surface area contributed by atoms with E-state index in [1.807, 2.05) is 24.3 Å². The number of carboxylic acids is 6. The number of hydrogen-bond donors (Lipinski definition) is 6. The van der Waals surface area contributed by atoms with Crippen LogP contribution in [0, 0.1) is 0 Å². The van der Waals surface area contributed by atoms with E-state index in [1.54, 1.807) is 0 Å². The molecule has 0 amide bonds. The molecule has 0 saturated carbocycles. The van der Waals surface area contributed by atoms with Crippen molar-refractivity contribution < 1.29 is 73.6 Å². The number of hydrogen-bond acceptors (Lipinski definition) is 9. The number of unbranched alkanes of at least 4 members (excludes halogenated alkanes) is 8. The van der Waals surface area contributed by atoms with Gasteiger partial charge in [-0.15, -0.1) is 0 Å². The van der Waals surface area contributed by atoms with E-state index in [-0.39, 0.29) is 25.7 Å². The third-order valence-corrected chi connectivity index (χ3v) is 21.3. The smallest absolute Gasteiger partial charge is 0.303 e. The van der Waals surface area contributed by atoms with Crippen molar-refractivity contribution >= 4 is 35.8 Å². The molecule has 0 aliphatic carbocycles. The van der Waals surface area contributed by atoms with Gasteiger partial charge >= 0.3 is 35.8 Å². The van der Waals surface area contributed by atoms with E-state index < -0.39 is 35.8 Å². The van der Waals surface area contributed by atoms with Gasteiger partial charge in [0.15, 0.2) is 0 Å². The Morgan fingerprint density at radius 3 is 0.448 bits per heavy atom. The van der Waals surface area contributed by atoms with E-state index in [4.69, 9.17) is 44.8 Å². The molecule has 0 radical (unpaired) electrons. The van der Waals surface area contributed by atoms with Gasteiger partial charge in [-0.05, 0) is 283 Å². The van der Waals surface area contributed by atoms with Crippen molar-refractivity contribution in [1.82, 2.24) is 0 Å². The van der Waals surface area contributed by atoms with Crippen molar-refractivity contribution in [2.75, 3.05) is 0 Å². The van der Waals surface area contributed by atoms with E-state index in [0.717, 1.165) is 283 Å². The molecule has 3 fully saturated rings. The highest BCUT2D eigenvalue weighted by Gasteiger charge is 2.36. The quantitative estimate of drug-likeness (QED) is 0.0188. The summed E-state index contributed by atoms with van der Waals surface area (Å²) in [7, 11) is 0. The van der Waals surface area contributed by atoms with Crippen molar-refractivity contribution in [3.63, 3.8) is 0 Å². The third-order valence-electron chi connectivity index (χ3n) is 21.3. The summed E-state index contributed by atoms with van der Waals surface area (Å²) in [6.07, 6.45) is 174. The molecule has 3 aliphatic rings. The second kappa shape index (κ2) is 116. The van der Waals surface area contributed by atoms with E-state index in [1.165, 1.54) is 0 Å². The summed E-state index contributed by atoms with van der Waals surface area (Å²) >= 11 is 0. The van der Waals surface area contributed by atoms with Crippen LogP contribution in [-0.2, 0) is 43.0 Å². The number of rotatable bonds is 84. The van der Waals surface area contributed by atoms with E-state index in [2.05, 4.69) is 370 Å².